The van der Waals surface area contributed by atoms with E-state index in [0.717, 1.165) is 11.1 Å². The molecule has 0 aliphatic rings. The topological polar surface area (TPSA) is 58.6 Å². The third-order valence-electron chi connectivity index (χ3n) is 4.31. The second kappa shape index (κ2) is 9.79. The number of ether oxygens (including phenoxy) is 1. The number of hydrogen-bond donors (Lipinski definition) is 1. The highest BCUT2D eigenvalue weighted by atomic mass is 35.5. The van der Waals surface area contributed by atoms with Crippen molar-refractivity contribution in [3.8, 4) is 5.75 Å². The van der Waals surface area contributed by atoms with E-state index < -0.39 is 6.04 Å². The van der Waals surface area contributed by atoms with Gasteiger partial charge in [-0.05, 0) is 64.4 Å². The van der Waals surface area contributed by atoms with Crippen molar-refractivity contribution in [2.45, 2.75) is 52.7 Å². The number of nitrogens with zero attached hydrogens (tertiary/aromatic N) is 1. The van der Waals surface area contributed by atoms with E-state index in [1.54, 1.807) is 36.1 Å². The first-order valence-corrected chi connectivity index (χ1v) is 9.98. The number of hydrogen-bond acceptors (Lipinski definition) is 3. The maximum absolute atomic E-state index is 13.0. The third-order valence-corrected chi connectivity index (χ3v) is 4.57. The van der Waals surface area contributed by atoms with Crippen LogP contribution in [0, 0.1) is 6.92 Å². The van der Waals surface area contributed by atoms with Crippen LogP contribution < -0.4 is 10.1 Å². The molecule has 0 spiro atoms. The fraction of sp³-hybridized carbons (Fsp3) is 0.391. The van der Waals surface area contributed by atoms with Gasteiger partial charge in [0.15, 0.2) is 6.61 Å². The second-order valence-electron chi connectivity index (χ2n) is 8.17. The zero-order chi connectivity index (χ0) is 21.6. The minimum atomic E-state index is -0.642. The average molecular weight is 417 g/mol. The molecule has 2 aromatic rings. The van der Waals surface area contributed by atoms with Crippen LogP contribution in [0.4, 0.5) is 0 Å². The molecular formula is C23H29ClN2O3. The normalized spacial score (nSPS) is 12.2. The van der Waals surface area contributed by atoms with Gasteiger partial charge in [-0.15, -0.1) is 0 Å². The fourth-order valence-corrected chi connectivity index (χ4v) is 2.83. The van der Waals surface area contributed by atoms with Gasteiger partial charge in [-0.25, -0.2) is 0 Å². The van der Waals surface area contributed by atoms with E-state index in [1.807, 2.05) is 52.0 Å². The Morgan fingerprint density at radius 3 is 2.21 bits per heavy atom. The largest absolute Gasteiger partial charge is 0.484 e. The van der Waals surface area contributed by atoms with Crippen LogP contribution in [0.2, 0.25) is 5.02 Å². The van der Waals surface area contributed by atoms with Gasteiger partial charge in [-0.2, -0.15) is 0 Å². The van der Waals surface area contributed by atoms with Gasteiger partial charge in [-0.3, -0.25) is 9.59 Å². The molecule has 0 bridgehead atoms. The lowest BCUT2D eigenvalue weighted by Crippen LogP contribution is -2.53. The van der Waals surface area contributed by atoms with Crippen molar-refractivity contribution in [1.29, 1.82) is 0 Å². The van der Waals surface area contributed by atoms with Gasteiger partial charge < -0.3 is 15.0 Å². The smallest absolute Gasteiger partial charge is 0.261 e. The fourth-order valence-electron chi connectivity index (χ4n) is 2.71. The first-order valence-electron chi connectivity index (χ1n) is 9.60. The summed E-state index contributed by atoms with van der Waals surface area (Å²) in [4.78, 5) is 27.2. The lowest BCUT2D eigenvalue weighted by molar-refractivity contribution is -0.142. The maximum Gasteiger partial charge on any atom is 0.261 e. The summed E-state index contributed by atoms with van der Waals surface area (Å²) in [6.07, 6.45) is 0. The summed E-state index contributed by atoms with van der Waals surface area (Å²) in [6, 6.07) is 14.1. The molecule has 1 N–H and O–H groups in total. The molecule has 0 saturated heterocycles. The Balaban J connectivity index is 2.15. The minimum absolute atomic E-state index is 0.166. The molecule has 0 heterocycles. The van der Waals surface area contributed by atoms with Crippen LogP contribution in [-0.2, 0) is 16.1 Å². The van der Waals surface area contributed by atoms with Crippen LogP contribution in [0.5, 0.6) is 5.75 Å². The quantitative estimate of drug-likeness (QED) is 0.729. The number of halogens is 1. The van der Waals surface area contributed by atoms with Crippen molar-refractivity contribution in [3.05, 3.63) is 64.7 Å². The van der Waals surface area contributed by atoms with Gasteiger partial charge in [0.05, 0.1) is 0 Å². The van der Waals surface area contributed by atoms with Gasteiger partial charge in [0.1, 0.15) is 11.8 Å². The molecule has 5 nitrogen and oxygen atoms in total. The molecule has 0 aliphatic heterocycles. The summed E-state index contributed by atoms with van der Waals surface area (Å²) >= 11 is 5.88. The number of benzene rings is 2. The lowest BCUT2D eigenvalue weighted by Gasteiger charge is -2.31. The van der Waals surface area contributed by atoms with E-state index in [4.69, 9.17) is 16.3 Å². The Morgan fingerprint density at radius 2 is 1.66 bits per heavy atom. The Hall–Kier alpha value is -2.53. The van der Waals surface area contributed by atoms with Gasteiger partial charge >= 0.3 is 0 Å². The highest BCUT2D eigenvalue weighted by Gasteiger charge is 2.28. The molecule has 6 heteroatoms. The summed E-state index contributed by atoms with van der Waals surface area (Å²) in [5.74, 6) is 0.0753. The van der Waals surface area contributed by atoms with E-state index in [1.165, 1.54) is 0 Å². The molecular weight excluding hydrogens is 388 g/mol. The summed E-state index contributed by atoms with van der Waals surface area (Å²) in [6.45, 7) is 9.62. The molecule has 0 fully saturated rings. The first kappa shape index (κ1) is 22.8. The maximum atomic E-state index is 13.0. The highest BCUT2D eigenvalue weighted by molar-refractivity contribution is 6.30. The molecule has 29 heavy (non-hydrogen) atoms. The average Bonchev–Trinajstić information content (AvgIpc) is 2.65. The number of amides is 2. The number of rotatable bonds is 7. The van der Waals surface area contributed by atoms with E-state index in [0.29, 0.717) is 17.3 Å². The molecule has 0 aromatic heterocycles. The first-order chi connectivity index (χ1) is 13.5. The van der Waals surface area contributed by atoms with Crippen molar-refractivity contribution in [3.63, 3.8) is 0 Å². The van der Waals surface area contributed by atoms with Crippen LogP contribution in [0.15, 0.2) is 48.5 Å². The standard InChI is InChI=1S/C23H29ClN2O3/c1-16-6-8-18(9-7-16)14-26(17(2)22(28)25-23(3,4)5)21(27)15-29-20-12-10-19(24)11-13-20/h6-13,17H,14-15H2,1-5H3,(H,25,28)/t17-/m1/s1. The second-order valence-corrected chi connectivity index (χ2v) is 8.60. The van der Waals surface area contributed by atoms with Crippen molar-refractivity contribution < 1.29 is 14.3 Å². The van der Waals surface area contributed by atoms with Gasteiger partial charge in [0.2, 0.25) is 5.91 Å². The zero-order valence-electron chi connectivity index (χ0n) is 17.7. The molecule has 0 saturated carbocycles. The summed E-state index contributed by atoms with van der Waals surface area (Å²) in [5, 5.41) is 3.54. The number of nitrogens with one attached hydrogen (secondary N) is 1. The SMILES string of the molecule is Cc1ccc(CN(C(=O)COc2ccc(Cl)cc2)[C@H](C)C(=O)NC(C)(C)C)cc1. The third kappa shape index (κ3) is 7.42. The lowest BCUT2D eigenvalue weighted by atomic mass is 10.1. The van der Waals surface area contributed by atoms with Crippen LogP contribution in [0.3, 0.4) is 0 Å². The van der Waals surface area contributed by atoms with Gasteiger partial charge in [0.25, 0.3) is 5.91 Å². The highest BCUT2D eigenvalue weighted by Crippen LogP contribution is 2.17. The Labute approximate surface area is 178 Å². The number of aryl methyl sites for hydroxylation is 1. The van der Waals surface area contributed by atoms with Crippen LogP contribution in [0.25, 0.3) is 0 Å². The van der Waals surface area contributed by atoms with E-state index in [2.05, 4.69) is 5.32 Å². The van der Waals surface area contributed by atoms with Crippen molar-refractivity contribution in [1.82, 2.24) is 10.2 Å². The van der Waals surface area contributed by atoms with E-state index in [9.17, 15) is 9.59 Å². The molecule has 0 radical (unpaired) electrons. The molecule has 0 unspecified atom stereocenters. The molecule has 156 valence electrons. The summed E-state index contributed by atoms with van der Waals surface area (Å²) in [5.41, 5.74) is 1.70. The van der Waals surface area contributed by atoms with E-state index in [-0.39, 0.29) is 24.0 Å². The zero-order valence-corrected chi connectivity index (χ0v) is 18.4. The van der Waals surface area contributed by atoms with Crippen molar-refractivity contribution in [2.24, 2.45) is 0 Å². The van der Waals surface area contributed by atoms with Crippen LogP contribution >= 0.6 is 11.6 Å². The predicted octanol–water partition coefficient (Wildman–Crippen LogP) is 4.36. The number of carbonyl (C=O) groups is 2. The van der Waals surface area contributed by atoms with Crippen molar-refractivity contribution in [2.75, 3.05) is 6.61 Å². The number of carbonyl (C=O) groups excluding carboxylic acids is 2. The molecule has 2 rings (SSSR count). The Kier molecular flexibility index (Phi) is 7.68. The van der Waals surface area contributed by atoms with Gasteiger partial charge in [-0.1, -0.05) is 41.4 Å². The summed E-state index contributed by atoms with van der Waals surface area (Å²) < 4.78 is 5.61. The van der Waals surface area contributed by atoms with E-state index >= 15 is 0 Å². The van der Waals surface area contributed by atoms with Crippen molar-refractivity contribution >= 4 is 23.4 Å². The molecule has 2 aromatic carbocycles. The van der Waals surface area contributed by atoms with Gasteiger partial charge in [0, 0.05) is 17.1 Å². The predicted molar refractivity (Wildman–Crippen MR) is 116 cm³/mol. The molecule has 2 amide bonds. The molecule has 1 atom stereocenters. The van der Waals surface area contributed by atoms with Crippen LogP contribution in [-0.4, -0.2) is 34.9 Å². The summed E-state index contributed by atoms with van der Waals surface area (Å²) in [7, 11) is 0. The Morgan fingerprint density at radius 1 is 1.07 bits per heavy atom. The Bertz CT molecular complexity index is 827. The van der Waals surface area contributed by atoms with Crippen LogP contribution in [0.1, 0.15) is 38.8 Å². The minimum Gasteiger partial charge on any atom is -0.484 e. The molecule has 0 aliphatic carbocycles. The monoisotopic (exact) mass is 416 g/mol.